The van der Waals surface area contributed by atoms with Crippen LogP contribution in [-0.2, 0) is 6.54 Å². The van der Waals surface area contributed by atoms with Crippen LogP contribution in [-0.4, -0.2) is 27.3 Å². The Bertz CT molecular complexity index is 672. The largest absolute Gasteiger partial charge is 0.478 e. The number of nitrogens with zero attached hydrogens (tertiary/aromatic N) is 1. The van der Waals surface area contributed by atoms with Crippen molar-refractivity contribution in [2.75, 3.05) is 6.54 Å². The summed E-state index contributed by atoms with van der Waals surface area (Å²) in [5.74, 6) is -0.747. The first kappa shape index (κ1) is 15.5. The van der Waals surface area contributed by atoms with E-state index in [0.29, 0.717) is 18.6 Å². The molecule has 4 N–H and O–H groups in total. The topological polar surface area (TPSA) is 88.5 Å². The molecule has 5 heteroatoms. The van der Waals surface area contributed by atoms with Gasteiger partial charge in [-0.2, -0.15) is 0 Å². The van der Waals surface area contributed by atoms with Crippen LogP contribution in [0, 0.1) is 0 Å². The maximum Gasteiger partial charge on any atom is 0.337 e. The molecule has 0 spiro atoms. The summed E-state index contributed by atoms with van der Waals surface area (Å²) in [5, 5.41) is 20.3. The van der Waals surface area contributed by atoms with Crippen LogP contribution in [0.3, 0.4) is 0 Å². The van der Waals surface area contributed by atoms with Crippen LogP contribution in [0.5, 0.6) is 0 Å². The second-order valence-corrected chi connectivity index (χ2v) is 5.67. The van der Waals surface area contributed by atoms with Gasteiger partial charge in [-0.1, -0.05) is 13.8 Å². The number of aromatic nitrogens is 1. The van der Waals surface area contributed by atoms with E-state index in [-0.39, 0.29) is 11.5 Å². The minimum Gasteiger partial charge on any atom is -0.478 e. The SMILES string of the molecule is CC(C)c1cc(C(=O)O)c2c(c1)c(C(C)O)cn2CCN. The average Bonchev–Trinajstić information content (AvgIpc) is 2.77. The number of aliphatic hydroxyl groups excluding tert-OH is 1. The monoisotopic (exact) mass is 290 g/mol. The minimum atomic E-state index is -0.962. The number of carboxylic acids is 1. The smallest absolute Gasteiger partial charge is 0.337 e. The molecular formula is C16H22N2O3. The molecular weight excluding hydrogens is 268 g/mol. The van der Waals surface area contributed by atoms with E-state index in [0.717, 1.165) is 16.5 Å². The summed E-state index contributed by atoms with van der Waals surface area (Å²) in [4.78, 5) is 11.6. The summed E-state index contributed by atoms with van der Waals surface area (Å²) in [6.07, 6.45) is 1.15. The Morgan fingerprint density at radius 3 is 2.48 bits per heavy atom. The first-order valence-electron chi connectivity index (χ1n) is 7.14. The van der Waals surface area contributed by atoms with E-state index in [2.05, 4.69) is 0 Å². The predicted molar refractivity (Wildman–Crippen MR) is 82.7 cm³/mol. The number of aliphatic hydroxyl groups is 1. The fraction of sp³-hybridized carbons (Fsp3) is 0.438. The van der Waals surface area contributed by atoms with Crippen LogP contribution < -0.4 is 5.73 Å². The quantitative estimate of drug-likeness (QED) is 0.789. The summed E-state index contributed by atoms with van der Waals surface area (Å²) >= 11 is 0. The second kappa shape index (κ2) is 5.87. The van der Waals surface area contributed by atoms with E-state index in [4.69, 9.17) is 5.73 Å². The first-order chi connectivity index (χ1) is 9.86. The first-order valence-corrected chi connectivity index (χ1v) is 7.14. The third kappa shape index (κ3) is 2.80. The Balaban J connectivity index is 2.86. The van der Waals surface area contributed by atoms with Crippen molar-refractivity contribution in [3.05, 3.63) is 35.0 Å². The van der Waals surface area contributed by atoms with E-state index in [9.17, 15) is 15.0 Å². The number of rotatable bonds is 5. The van der Waals surface area contributed by atoms with E-state index < -0.39 is 12.1 Å². The van der Waals surface area contributed by atoms with Gasteiger partial charge in [-0.05, 0) is 30.5 Å². The maximum atomic E-state index is 11.6. The normalized spacial score (nSPS) is 13.0. The minimum absolute atomic E-state index is 0.215. The van der Waals surface area contributed by atoms with E-state index in [1.165, 1.54) is 0 Å². The summed E-state index contributed by atoms with van der Waals surface area (Å²) in [6, 6.07) is 3.69. The van der Waals surface area contributed by atoms with Gasteiger partial charge in [-0.15, -0.1) is 0 Å². The number of hydrogen-bond acceptors (Lipinski definition) is 3. The lowest BCUT2D eigenvalue weighted by Gasteiger charge is -2.11. The molecule has 2 rings (SSSR count). The molecule has 0 fully saturated rings. The molecule has 1 atom stereocenters. The van der Waals surface area contributed by atoms with Crippen LogP contribution in [0.4, 0.5) is 0 Å². The van der Waals surface area contributed by atoms with Gasteiger partial charge in [0.1, 0.15) is 0 Å². The molecule has 0 aliphatic rings. The zero-order valence-electron chi connectivity index (χ0n) is 12.6. The lowest BCUT2D eigenvalue weighted by atomic mass is 9.96. The van der Waals surface area contributed by atoms with Crippen LogP contribution in [0.25, 0.3) is 10.9 Å². The van der Waals surface area contributed by atoms with Crippen molar-refractivity contribution >= 4 is 16.9 Å². The zero-order valence-corrected chi connectivity index (χ0v) is 12.6. The molecule has 1 aromatic heterocycles. The third-order valence-electron chi connectivity index (χ3n) is 3.74. The molecule has 2 aromatic rings. The standard InChI is InChI=1S/C16H22N2O3/c1-9(2)11-6-12-14(10(3)19)8-18(5-4-17)15(12)13(7-11)16(20)21/h6-10,19H,4-5,17H2,1-3H3,(H,20,21). The van der Waals surface area contributed by atoms with Crippen molar-refractivity contribution in [2.24, 2.45) is 5.73 Å². The van der Waals surface area contributed by atoms with Crippen molar-refractivity contribution in [3.63, 3.8) is 0 Å². The highest BCUT2D eigenvalue weighted by Gasteiger charge is 2.20. The van der Waals surface area contributed by atoms with Gasteiger partial charge in [0.2, 0.25) is 0 Å². The average molecular weight is 290 g/mol. The molecule has 1 aromatic carbocycles. The Kier molecular flexibility index (Phi) is 4.34. The van der Waals surface area contributed by atoms with Crippen LogP contribution in [0.2, 0.25) is 0 Å². The zero-order chi connectivity index (χ0) is 15.7. The van der Waals surface area contributed by atoms with E-state index in [1.54, 1.807) is 19.2 Å². The number of aromatic carboxylic acids is 1. The molecule has 0 radical (unpaired) electrons. The number of fused-ring (bicyclic) bond motifs is 1. The second-order valence-electron chi connectivity index (χ2n) is 5.67. The number of nitrogens with two attached hydrogens (primary N) is 1. The van der Waals surface area contributed by atoms with Gasteiger partial charge >= 0.3 is 5.97 Å². The molecule has 114 valence electrons. The molecule has 0 aliphatic heterocycles. The predicted octanol–water partition coefficient (Wildman–Crippen LogP) is 2.47. The molecule has 0 saturated heterocycles. The van der Waals surface area contributed by atoms with Gasteiger partial charge < -0.3 is 20.5 Å². The van der Waals surface area contributed by atoms with Crippen molar-refractivity contribution in [2.45, 2.75) is 39.3 Å². The summed E-state index contributed by atoms with van der Waals surface area (Å²) in [7, 11) is 0. The molecule has 1 unspecified atom stereocenters. The van der Waals surface area contributed by atoms with Crippen molar-refractivity contribution in [1.29, 1.82) is 0 Å². The van der Waals surface area contributed by atoms with Gasteiger partial charge in [0.05, 0.1) is 17.2 Å². The fourth-order valence-corrected chi connectivity index (χ4v) is 2.63. The molecule has 0 aliphatic carbocycles. The van der Waals surface area contributed by atoms with Gasteiger partial charge in [-0.3, -0.25) is 0 Å². The molecule has 0 bridgehead atoms. The number of benzene rings is 1. The van der Waals surface area contributed by atoms with Crippen LogP contribution in [0.15, 0.2) is 18.3 Å². The van der Waals surface area contributed by atoms with Gasteiger partial charge in [0.25, 0.3) is 0 Å². The van der Waals surface area contributed by atoms with E-state index in [1.807, 2.05) is 24.5 Å². The summed E-state index contributed by atoms with van der Waals surface area (Å²) in [6.45, 7) is 6.65. The van der Waals surface area contributed by atoms with E-state index >= 15 is 0 Å². The lowest BCUT2D eigenvalue weighted by molar-refractivity contribution is 0.0698. The van der Waals surface area contributed by atoms with Crippen LogP contribution in [0.1, 0.15) is 54.3 Å². The molecule has 1 heterocycles. The Hall–Kier alpha value is -1.85. The molecule has 5 nitrogen and oxygen atoms in total. The highest BCUT2D eigenvalue weighted by Crippen LogP contribution is 2.32. The number of hydrogen-bond donors (Lipinski definition) is 3. The highest BCUT2D eigenvalue weighted by atomic mass is 16.4. The summed E-state index contributed by atoms with van der Waals surface area (Å²) in [5.41, 5.74) is 8.19. The Labute approximate surface area is 124 Å². The molecule has 0 saturated carbocycles. The van der Waals surface area contributed by atoms with Crippen molar-refractivity contribution in [1.82, 2.24) is 4.57 Å². The highest BCUT2D eigenvalue weighted by molar-refractivity contribution is 6.04. The Morgan fingerprint density at radius 1 is 1.33 bits per heavy atom. The van der Waals surface area contributed by atoms with Crippen molar-refractivity contribution in [3.8, 4) is 0 Å². The van der Waals surface area contributed by atoms with Gasteiger partial charge in [0.15, 0.2) is 0 Å². The maximum absolute atomic E-state index is 11.6. The number of carboxylic acid groups (broad SMARTS) is 1. The fourth-order valence-electron chi connectivity index (χ4n) is 2.63. The summed E-state index contributed by atoms with van der Waals surface area (Å²) < 4.78 is 1.82. The molecule has 0 amide bonds. The molecule has 21 heavy (non-hydrogen) atoms. The Morgan fingerprint density at radius 2 is 2.00 bits per heavy atom. The lowest BCUT2D eigenvalue weighted by Crippen LogP contribution is -2.11. The third-order valence-corrected chi connectivity index (χ3v) is 3.74. The number of carbonyl (C=O) groups is 1. The van der Waals surface area contributed by atoms with Crippen LogP contribution >= 0.6 is 0 Å². The van der Waals surface area contributed by atoms with Gasteiger partial charge in [-0.25, -0.2) is 4.79 Å². The van der Waals surface area contributed by atoms with Crippen molar-refractivity contribution < 1.29 is 15.0 Å². The van der Waals surface area contributed by atoms with Gasteiger partial charge in [0, 0.05) is 30.2 Å².